The molecule has 0 aliphatic rings. The molecule has 1 aromatic carbocycles. The zero-order chi connectivity index (χ0) is 22.8. The third-order valence-electron chi connectivity index (χ3n) is 5.00. The van der Waals surface area contributed by atoms with E-state index in [4.69, 9.17) is 9.47 Å². The number of carbonyl (C=O) groups is 1. The molecule has 10 heteroatoms. The van der Waals surface area contributed by atoms with Gasteiger partial charge in [-0.1, -0.05) is 0 Å². The number of hydrogen-bond acceptors (Lipinski definition) is 5. The highest BCUT2D eigenvalue weighted by Gasteiger charge is 2.22. The number of rotatable bonds is 7. The van der Waals surface area contributed by atoms with E-state index in [1.807, 2.05) is 36.0 Å². The number of amides is 1. The smallest absolute Gasteiger partial charge is 0.259 e. The summed E-state index contributed by atoms with van der Waals surface area (Å²) < 4.78 is 39.4. The van der Waals surface area contributed by atoms with E-state index < -0.39 is 18.9 Å². The molecule has 8 nitrogen and oxygen atoms in total. The van der Waals surface area contributed by atoms with Crippen LogP contribution in [0.1, 0.15) is 10.4 Å². The number of halogens is 2. The van der Waals surface area contributed by atoms with Gasteiger partial charge in [-0.15, -0.1) is 0 Å². The van der Waals surface area contributed by atoms with Gasteiger partial charge in [0, 0.05) is 30.6 Å². The molecule has 0 aliphatic carbocycles. The van der Waals surface area contributed by atoms with Gasteiger partial charge in [-0.25, -0.2) is 13.8 Å². The second-order valence-corrected chi connectivity index (χ2v) is 7.05. The molecular weight excluding hydrogens is 420 g/mol. The van der Waals surface area contributed by atoms with Crippen LogP contribution in [0.15, 0.2) is 49.1 Å². The first-order valence-corrected chi connectivity index (χ1v) is 9.70. The van der Waals surface area contributed by atoms with Gasteiger partial charge in [0.05, 0.1) is 38.9 Å². The second kappa shape index (κ2) is 8.66. The SMILES string of the molecule is COc1cc(-c2cnc3cc(-c4cnn(C)c4)ccn23)cc(OC)c1C(=O)NCC(F)F. The normalized spacial score (nSPS) is 11.2. The van der Waals surface area contributed by atoms with Crippen LogP contribution >= 0.6 is 0 Å². The molecule has 0 spiro atoms. The summed E-state index contributed by atoms with van der Waals surface area (Å²) in [5, 5.41) is 6.38. The first-order valence-electron chi connectivity index (χ1n) is 9.70. The predicted octanol–water partition coefficient (Wildman–Crippen LogP) is 3.41. The summed E-state index contributed by atoms with van der Waals surface area (Å²) in [7, 11) is 4.65. The maximum absolute atomic E-state index is 12.5. The Morgan fingerprint density at radius 3 is 2.41 bits per heavy atom. The van der Waals surface area contributed by atoms with Gasteiger partial charge < -0.3 is 14.8 Å². The number of hydrogen-bond donors (Lipinski definition) is 1. The second-order valence-electron chi connectivity index (χ2n) is 7.05. The molecular formula is C22H21F2N5O3. The number of methoxy groups -OCH3 is 2. The third kappa shape index (κ3) is 3.98. The fourth-order valence-corrected chi connectivity index (χ4v) is 3.49. The number of pyridine rings is 1. The van der Waals surface area contributed by atoms with E-state index in [1.165, 1.54) is 14.2 Å². The van der Waals surface area contributed by atoms with E-state index in [0.717, 1.165) is 22.5 Å². The van der Waals surface area contributed by atoms with Gasteiger partial charge in [0.15, 0.2) is 0 Å². The molecule has 0 aliphatic heterocycles. The number of alkyl halides is 2. The molecule has 0 saturated carbocycles. The van der Waals surface area contributed by atoms with Crippen LogP contribution in [-0.2, 0) is 7.05 Å². The lowest BCUT2D eigenvalue weighted by Gasteiger charge is -2.15. The number of aryl methyl sites for hydroxylation is 1. The third-order valence-corrected chi connectivity index (χ3v) is 5.00. The summed E-state index contributed by atoms with van der Waals surface area (Å²) in [4.78, 5) is 17.0. The van der Waals surface area contributed by atoms with Crippen molar-refractivity contribution < 1.29 is 23.0 Å². The van der Waals surface area contributed by atoms with E-state index in [2.05, 4.69) is 15.4 Å². The van der Waals surface area contributed by atoms with E-state index in [0.29, 0.717) is 5.56 Å². The van der Waals surface area contributed by atoms with Crippen LogP contribution in [0.2, 0.25) is 0 Å². The fourth-order valence-electron chi connectivity index (χ4n) is 3.49. The molecule has 166 valence electrons. The minimum absolute atomic E-state index is 0.0482. The van der Waals surface area contributed by atoms with Crippen molar-refractivity contribution in [2.45, 2.75) is 6.43 Å². The molecule has 4 rings (SSSR count). The van der Waals surface area contributed by atoms with Crippen molar-refractivity contribution in [2.75, 3.05) is 20.8 Å². The van der Waals surface area contributed by atoms with Gasteiger partial charge in [-0.05, 0) is 29.8 Å². The summed E-state index contributed by atoms with van der Waals surface area (Å²) in [6.07, 6.45) is 4.63. The Balaban J connectivity index is 1.75. The summed E-state index contributed by atoms with van der Waals surface area (Å²) in [5.41, 5.74) is 4.15. The monoisotopic (exact) mass is 441 g/mol. The predicted molar refractivity (Wildman–Crippen MR) is 114 cm³/mol. The minimum atomic E-state index is -2.66. The summed E-state index contributed by atoms with van der Waals surface area (Å²) in [6, 6.07) is 7.20. The molecule has 32 heavy (non-hydrogen) atoms. The van der Waals surface area contributed by atoms with Crippen molar-refractivity contribution in [3.63, 3.8) is 0 Å². The number of benzene rings is 1. The molecule has 0 unspecified atom stereocenters. The molecule has 0 radical (unpaired) electrons. The molecule has 0 atom stereocenters. The van der Waals surface area contributed by atoms with Crippen molar-refractivity contribution >= 4 is 11.6 Å². The van der Waals surface area contributed by atoms with Gasteiger partial charge in [-0.3, -0.25) is 13.9 Å². The molecule has 3 heterocycles. The summed E-state index contributed by atoms with van der Waals surface area (Å²) in [6.45, 7) is -0.764. The number of nitrogens with zero attached hydrogens (tertiary/aromatic N) is 4. The van der Waals surface area contributed by atoms with Gasteiger partial charge in [0.25, 0.3) is 12.3 Å². The van der Waals surface area contributed by atoms with E-state index in [9.17, 15) is 13.6 Å². The maximum atomic E-state index is 12.5. The minimum Gasteiger partial charge on any atom is -0.496 e. The lowest BCUT2D eigenvalue weighted by molar-refractivity contribution is 0.0885. The van der Waals surface area contributed by atoms with Crippen molar-refractivity contribution in [3.05, 3.63) is 54.6 Å². The Hall–Kier alpha value is -3.95. The van der Waals surface area contributed by atoms with Crippen LogP contribution < -0.4 is 14.8 Å². The Labute approximate surface area is 182 Å². The zero-order valence-electron chi connectivity index (χ0n) is 17.7. The van der Waals surface area contributed by atoms with E-state index in [1.54, 1.807) is 29.2 Å². The van der Waals surface area contributed by atoms with Gasteiger partial charge in [0.1, 0.15) is 22.7 Å². The van der Waals surface area contributed by atoms with E-state index >= 15 is 0 Å². The molecule has 1 N–H and O–H groups in total. The number of carbonyl (C=O) groups excluding carboxylic acids is 1. The van der Waals surface area contributed by atoms with Crippen LogP contribution in [0, 0.1) is 0 Å². The van der Waals surface area contributed by atoms with Crippen LogP contribution in [-0.4, -0.2) is 52.3 Å². The number of fused-ring (bicyclic) bond motifs is 1. The summed E-state index contributed by atoms with van der Waals surface area (Å²) >= 11 is 0. The zero-order valence-corrected chi connectivity index (χ0v) is 17.7. The number of imidazole rings is 1. The van der Waals surface area contributed by atoms with Crippen LogP contribution in [0.3, 0.4) is 0 Å². The number of nitrogens with one attached hydrogen (secondary N) is 1. The van der Waals surface area contributed by atoms with Crippen LogP contribution in [0.25, 0.3) is 28.0 Å². The van der Waals surface area contributed by atoms with Crippen molar-refractivity contribution in [3.8, 4) is 33.9 Å². The highest BCUT2D eigenvalue weighted by Crippen LogP contribution is 2.35. The highest BCUT2D eigenvalue weighted by molar-refractivity contribution is 6.00. The Kier molecular flexibility index (Phi) is 5.76. The first kappa shape index (κ1) is 21.3. The van der Waals surface area contributed by atoms with Crippen LogP contribution in [0.4, 0.5) is 8.78 Å². The van der Waals surface area contributed by atoms with Crippen molar-refractivity contribution in [2.24, 2.45) is 7.05 Å². The molecule has 0 saturated heterocycles. The Morgan fingerprint density at radius 2 is 1.81 bits per heavy atom. The lowest BCUT2D eigenvalue weighted by atomic mass is 10.1. The quantitative estimate of drug-likeness (QED) is 0.475. The number of aromatic nitrogens is 4. The van der Waals surface area contributed by atoms with E-state index in [-0.39, 0.29) is 17.1 Å². The topological polar surface area (TPSA) is 82.7 Å². The Bertz CT molecular complexity index is 1260. The van der Waals surface area contributed by atoms with Crippen molar-refractivity contribution in [1.82, 2.24) is 24.5 Å². The fraction of sp³-hybridized carbons (Fsp3) is 0.227. The first-order chi connectivity index (χ1) is 15.4. The molecule has 0 bridgehead atoms. The Morgan fingerprint density at radius 1 is 1.09 bits per heavy atom. The average Bonchev–Trinajstić information content (AvgIpc) is 3.42. The van der Waals surface area contributed by atoms with Gasteiger partial charge >= 0.3 is 0 Å². The molecule has 4 aromatic rings. The van der Waals surface area contributed by atoms with Crippen LogP contribution in [0.5, 0.6) is 11.5 Å². The maximum Gasteiger partial charge on any atom is 0.259 e. The average molecular weight is 441 g/mol. The standard InChI is InChI=1S/C22H21F2N5O3/c1-28-12-15(9-27-28)13-4-5-29-16(10-25-20(29)8-13)14-6-17(31-2)21(18(7-14)32-3)22(30)26-11-19(23)24/h4-10,12,19H,11H2,1-3H3,(H,26,30). The van der Waals surface area contributed by atoms with Gasteiger partial charge in [0.2, 0.25) is 0 Å². The largest absolute Gasteiger partial charge is 0.496 e. The summed E-state index contributed by atoms with van der Waals surface area (Å²) in [5.74, 6) is -0.300. The highest BCUT2D eigenvalue weighted by atomic mass is 19.3. The molecule has 0 fully saturated rings. The number of ether oxygens (including phenoxy) is 2. The van der Waals surface area contributed by atoms with Crippen molar-refractivity contribution in [1.29, 1.82) is 0 Å². The van der Waals surface area contributed by atoms with Gasteiger partial charge in [-0.2, -0.15) is 5.10 Å². The molecule has 1 amide bonds. The molecule has 3 aromatic heterocycles. The lowest BCUT2D eigenvalue weighted by Crippen LogP contribution is -2.29.